The third-order valence-corrected chi connectivity index (χ3v) is 13.3. The van der Waals surface area contributed by atoms with Crippen molar-refractivity contribution in [2.45, 2.75) is 134 Å². The van der Waals surface area contributed by atoms with E-state index in [0.717, 1.165) is 51.4 Å². The summed E-state index contributed by atoms with van der Waals surface area (Å²) in [7, 11) is 3.74. The lowest BCUT2D eigenvalue weighted by Gasteiger charge is -2.67. The van der Waals surface area contributed by atoms with Crippen molar-refractivity contribution in [2.24, 2.45) is 46.2 Å². The van der Waals surface area contributed by atoms with Gasteiger partial charge in [-0.2, -0.15) is 0 Å². The number of aliphatic hydroxyl groups excluding tert-OH is 2. The van der Waals surface area contributed by atoms with E-state index in [-0.39, 0.29) is 34.9 Å². The summed E-state index contributed by atoms with van der Waals surface area (Å²) in [6.45, 7) is 6.73. The molecule has 4 saturated carbocycles. The average molecular weight is 565 g/mol. The zero-order chi connectivity index (χ0) is 28.8. The number of rotatable bonds is 5. The van der Waals surface area contributed by atoms with Gasteiger partial charge in [0, 0.05) is 11.3 Å². The molecule has 2 saturated heterocycles. The molecule has 15 atom stereocenters. The predicted octanol–water partition coefficient (Wildman–Crippen LogP) is 2.96. The normalized spacial score (nSPS) is 55.8. The van der Waals surface area contributed by atoms with E-state index in [9.17, 15) is 20.1 Å². The Balaban J connectivity index is 1.17. The maximum atomic E-state index is 11.7. The van der Waals surface area contributed by atoms with Crippen molar-refractivity contribution in [1.29, 1.82) is 0 Å². The van der Waals surface area contributed by atoms with Gasteiger partial charge < -0.3 is 40.2 Å². The molecule has 4 aliphatic carbocycles. The minimum Gasteiger partial charge on any atom is -0.481 e. The molecule has 5 N–H and O–H groups in total. The zero-order valence-electron chi connectivity index (χ0n) is 25.0. The number of carboxylic acids is 1. The standard InChI is InChI=1S/C31H52N2O7/c1-16-25(36)24(33(4)5)26(37)28(38-16)39-18-8-11-29(2)17(14-18)6-7-22-21(29)9-12-30(3)20-10-13-31(22,30)40-27(32)19(20)15-23(34)35/h16-22,24-28,36-37H,6-15,32H2,1-5H3,(H,34,35)/t16-,17-,18+,19-,20-,21+,22-,24-,25-,26+,27+,28-,29+,30-,31+/m1/s1. The van der Waals surface area contributed by atoms with Crippen molar-refractivity contribution < 1.29 is 34.3 Å². The fourth-order valence-electron chi connectivity index (χ4n) is 11.2. The molecule has 9 heteroatoms. The van der Waals surface area contributed by atoms with Gasteiger partial charge in [-0.1, -0.05) is 13.8 Å². The van der Waals surface area contributed by atoms with Crippen LogP contribution in [0.3, 0.4) is 0 Å². The summed E-state index contributed by atoms with van der Waals surface area (Å²) in [5, 5.41) is 31.2. The molecule has 2 bridgehead atoms. The van der Waals surface area contributed by atoms with E-state index in [4.69, 9.17) is 19.9 Å². The smallest absolute Gasteiger partial charge is 0.303 e. The van der Waals surface area contributed by atoms with Crippen LogP contribution in [0.1, 0.15) is 85.0 Å². The molecule has 0 radical (unpaired) electrons. The number of ether oxygens (including phenoxy) is 3. The quantitative estimate of drug-likeness (QED) is 0.372. The van der Waals surface area contributed by atoms with Gasteiger partial charge in [0.15, 0.2) is 6.29 Å². The lowest BCUT2D eigenvalue weighted by molar-refractivity contribution is -0.305. The summed E-state index contributed by atoms with van der Waals surface area (Å²) >= 11 is 0. The highest BCUT2D eigenvalue weighted by atomic mass is 16.7. The second-order valence-electron chi connectivity index (χ2n) is 15.0. The van der Waals surface area contributed by atoms with E-state index in [0.29, 0.717) is 23.7 Å². The first-order valence-electron chi connectivity index (χ1n) is 15.8. The molecule has 0 aromatic rings. The first-order valence-corrected chi connectivity index (χ1v) is 15.8. The summed E-state index contributed by atoms with van der Waals surface area (Å²) in [6, 6.07) is -0.430. The summed E-state index contributed by atoms with van der Waals surface area (Å²) in [6.07, 6.45) is 6.28. The molecule has 0 unspecified atom stereocenters. The van der Waals surface area contributed by atoms with Gasteiger partial charge in [-0.15, -0.1) is 0 Å². The fourth-order valence-corrected chi connectivity index (χ4v) is 11.2. The summed E-state index contributed by atoms with van der Waals surface area (Å²) in [5.74, 6) is 0.988. The number of aliphatic carboxylic acids is 1. The topological polar surface area (TPSA) is 135 Å². The van der Waals surface area contributed by atoms with Crippen LogP contribution in [0.15, 0.2) is 0 Å². The Morgan fingerprint density at radius 1 is 1.00 bits per heavy atom. The minimum absolute atomic E-state index is 0.00758. The Morgan fingerprint density at radius 2 is 1.73 bits per heavy atom. The third kappa shape index (κ3) is 4.16. The van der Waals surface area contributed by atoms with E-state index in [1.165, 1.54) is 6.42 Å². The first kappa shape index (κ1) is 29.3. The van der Waals surface area contributed by atoms with Crippen LogP contribution < -0.4 is 5.73 Å². The molecule has 40 heavy (non-hydrogen) atoms. The number of hydrogen-bond acceptors (Lipinski definition) is 8. The van der Waals surface area contributed by atoms with Crippen molar-refractivity contribution in [3.8, 4) is 0 Å². The molecule has 6 aliphatic rings. The second kappa shape index (κ2) is 10.1. The van der Waals surface area contributed by atoms with Crippen molar-refractivity contribution in [3.05, 3.63) is 0 Å². The van der Waals surface area contributed by atoms with Crippen LogP contribution in [-0.4, -0.2) is 88.9 Å². The van der Waals surface area contributed by atoms with Crippen molar-refractivity contribution in [3.63, 3.8) is 0 Å². The molecule has 2 aliphatic heterocycles. The van der Waals surface area contributed by atoms with E-state index in [1.54, 1.807) is 0 Å². The molecular formula is C31H52N2O7. The molecular weight excluding hydrogens is 512 g/mol. The van der Waals surface area contributed by atoms with Gasteiger partial charge in [0.25, 0.3) is 0 Å². The van der Waals surface area contributed by atoms with Gasteiger partial charge in [-0.3, -0.25) is 4.79 Å². The van der Waals surface area contributed by atoms with E-state index < -0.39 is 42.8 Å². The lowest BCUT2D eigenvalue weighted by Crippen LogP contribution is -2.68. The SMILES string of the molecule is C[C@H]1O[C@H](O[C@H]2CC[C@@]3(C)[C@H](CC[C@@H]4[C@@H]3CC[C@]3(C)[C@@H]5CC[C@]43O[C@H](N)[C@@H]5CC(=O)O)C2)[C@@H](O)[C@H](N(C)C)[C@@H]1O. The molecule has 0 aromatic carbocycles. The highest BCUT2D eigenvalue weighted by Crippen LogP contribution is 2.73. The number of likely N-dealkylation sites (N-methyl/N-ethyl adjacent to an activating group) is 1. The summed E-state index contributed by atoms with van der Waals surface area (Å²) in [5.41, 5.74) is 6.56. The Morgan fingerprint density at radius 3 is 2.42 bits per heavy atom. The maximum absolute atomic E-state index is 11.7. The molecule has 6 rings (SSSR count). The van der Waals surface area contributed by atoms with Gasteiger partial charge in [-0.05, 0) is 108 Å². The van der Waals surface area contributed by atoms with Crippen LogP contribution in [0.2, 0.25) is 0 Å². The van der Waals surface area contributed by atoms with Crippen molar-refractivity contribution in [1.82, 2.24) is 4.90 Å². The van der Waals surface area contributed by atoms with Crippen molar-refractivity contribution >= 4 is 5.97 Å². The Hall–Kier alpha value is -0.810. The molecule has 6 fully saturated rings. The number of carbonyl (C=O) groups is 1. The second-order valence-corrected chi connectivity index (χ2v) is 15.0. The Kier molecular flexibility index (Phi) is 7.42. The van der Waals surface area contributed by atoms with Gasteiger partial charge in [0.1, 0.15) is 12.3 Å². The monoisotopic (exact) mass is 564 g/mol. The predicted molar refractivity (Wildman–Crippen MR) is 148 cm³/mol. The van der Waals surface area contributed by atoms with E-state index >= 15 is 0 Å². The third-order valence-electron chi connectivity index (χ3n) is 13.3. The summed E-state index contributed by atoms with van der Waals surface area (Å²) in [4.78, 5) is 13.5. The number of hydrogen-bond donors (Lipinski definition) is 4. The van der Waals surface area contributed by atoms with Gasteiger partial charge in [-0.25, -0.2) is 0 Å². The highest BCUT2D eigenvalue weighted by Gasteiger charge is 2.72. The minimum atomic E-state index is -0.909. The first-order chi connectivity index (χ1) is 18.8. The van der Waals surface area contributed by atoms with E-state index in [1.807, 2.05) is 25.9 Å². The van der Waals surface area contributed by atoms with Crippen LogP contribution in [0, 0.1) is 40.4 Å². The number of nitrogens with zero attached hydrogens (tertiary/aromatic N) is 1. The van der Waals surface area contributed by atoms with E-state index in [2.05, 4.69) is 13.8 Å². The fraction of sp³-hybridized carbons (Fsp3) is 0.968. The molecule has 0 aromatic heterocycles. The highest BCUT2D eigenvalue weighted by molar-refractivity contribution is 5.67. The van der Waals surface area contributed by atoms with Gasteiger partial charge in [0.2, 0.25) is 0 Å². The number of nitrogens with two attached hydrogens (primary N) is 1. The largest absolute Gasteiger partial charge is 0.481 e. The Labute approximate surface area is 239 Å². The molecule has 2 heterocycles. The number of fused-ring (bicyclic) bond motifs is 3. The van der Waals surface area contributed by atoms with Gasteiger partial charge in [0.05, 0.1) is 36.4 Å². The molecule has 0 spiro atoms. The van der Waals surface area contributed by atoms with Crippen LogP contribution >= 0.6 is 0 Å². The van der Waals surface area contributed by atoms with Crippen LogP contribution in [-0.2, 0) is 19.0 Å². The van der Waals surface area contributed by atoms with Crippen LogP contribution in [0.25, 0.3) is 0 Å². The van der Waals surface area contributed by atoms with Crippen LogP contribution in [0.5, 0.6) is 0 Å². The molecule has 9 nitrogen and oxygen atoms in total. The number of carboxylic acid groups (broad SMARTS) is 1. The maximum Gasteiger partial charge on any atom is 0.303 e. The molecule has 0 amide bonds. The average Bonchev–Trinajstić information content (AvgIpc) is 3.09. The van der Waals surface area contributed by atoms with Crippen LogP contribution in [0.4, 0.5) is 0 Å². The summed E-state index contributed by atoms with van der Waals surface area (Å²) < 4.78 is 19.3. The lowest BCUT2D eigenvalue weighted by atomic mass is 9.42. The molecule has 228 valence electrons. The zero-order valence-corrected chi connectivity index (χ0v) is 25.0. The van der Waals surface area contributed by atoms with Crippen molar-refractivity contribution in [2.75, 3.05) is 14.1 Å². The number of aliphatic hydroxyl groups is 2. The van der Waals surface area contributed by atoms with Gasteiger partial charge >= 0.3 is 5.97 Å². The Bertz CT molecular complexity index is 981.